The molecule has 0 spiro atoms. The molecule has 0 aromatic carbocycles. The van der Waals surface area contributed by atoms with Gasteiger partial charge in [0.2, 0.25) is 0 Å². The van der Waals surface area contributed by atoms with Crippen LogP contribution in [0.3, 0.4) is 0 Å². The van der Waals surface area contributed by atoms with E-state index in [4.69, 9.17) is 11.5 Å². The van der Waals surface area contributed by atoms with E-state index in [1.165, 1.54) is 167 Å². The molecule has 0 rings (SSSR count). The fraction of sp³-hybridized carbons (Fsp3) is 0.968. The summed E-state index contributed by atoms with van der Waals surface area (Å²) in [7, 11) is 0. The van der Waals surface area contributed by atoms with Gasteiger partial charge in [-0.3, -0.25) is 4.99 Å². The molecule has 4 heteroatoms. The van der Waals surface area contributed by atoms with E-state index < -0.39 is 0 Å². The van der Waals surface area contributed by atoms with Crippen LogP contribution in [-0.4, -0.2) is 37.0 Å². The number of aliphatic imine (C=N–C) groups is 1. The molecule has 0 unspecified atom stereocenters. The molecular weight excluding hydrogens is 428 g/mol. The third-order valence-electron chi connectivity index (χ3n) is 7.37. The van der Waals surface area contributed by atoms with Gasteiger partial charge in [-0.05, 0) is 25.9 Å². The predicted molar refractivity (Wildman–Crippen MR) is 159 cm³/mol. The molecule has 210 valence electrons. The zero-order chi connectivity index (χ0) is 25.7. The Morgan fingerprint density at radius 1 is 0.429 bits per heavy atom. The Hall–Kier alpha value is -0.770. The van der Waals surface area contributed by atoms with E-state index in [0.717, 1.165) is 13.1 Å². The van der Waals surface area contributed by atoms with Gasteiger partial charge in [0, 0.05) is 6.54 Å². The molecule has 0 amide bonds. The maximum atomic E-state index is 5.53. The van der Waals surface area contributed by atoms with Crippen LogP contribution in [0.25, 0.3) is 0 Å². The van der Waals surface area contributed by atoms with Gasteiger partial charge in [0.15, 0.2) is 5.96 Å². The second kappa shape index (κ2) is 29.5. The summed E-state index contributed by atoms with van der Waals surface area (Å²) in [4.78, 5) is 6.81. The Morgan fingerprint density at radius 2 is 0.714 bits per heavy atom. The number of unbranched alkanes of at least 4 members (excludes halogenated alkanes) is 22. The van der Waals surface area contributed by atoms with Crippen molar-refractivity contribution < 1.29 is 0 Å². The SMILES string of the molecule is CCCCCCCCCCCCCCN(CCCCCCCCCCCCCC)CCN=C(N)N. The van der Waals surface area contributed by atoms with Crippen LogP contribution in [0.4, 0.5) is 0 Å². The van der Waals surface area contributed by atoms with Crippen LogP contribution in [0.1, 0.15) is 168 Å². The predicted octanol–water partition coefficient (Wildman–Crippen LogP) is 8.96. The lowest BCUT2D eigenvalue weighted by atomic mass is 10.0. The summed E-state index contributed by atoms with van der Waals surface area (Å²) < 4.78 is 0. The van der Waals surface area contributed by atoms with Gasteiger partial charge in [-0.25, -0.2) is 0 Å². The minimum absolute atomic E-state index is 0.223. The Kier molecular flexibility index (Phi) is 28.8. The molecule has 0 aliphatic carbocycles. The van der Waals surface area contributed by atoms with E-state index in [0.29, 0.717) is 0 Å². The van der Waals surface area contributed by atoms with Crippen molar-refractivity contribution in [2.24, 2.45) is 16.5 Å². The molecule has 0 aromatic heterocycles. The number of hydrogen-bond acceptors (Lipinski definition) is 2. The minimum atomic E-state index is 0.223. The summed E-state index contributed by atoms with van der Waals surface area (Å²) in [6.07, 6.45) is 33.9. The Bertz CT molecular complexity index is 392. The molecule has 0 saturated carbocycles. The molecule has 0 bridgehead atoms. The van der Waals surface area contributed by atoms with Crippen molar-refractivity contribution in [1.29, 1.82) is 0 Å². The molecule has 0 heterocycles. The lowest BCUT2D eigenvalue weighted by Crippen LogP contribution is -2.30. The zero-order valence-corrected chi connectivity index (χ0v) is 24.3. The molecule has 4 N–H and O–H groups in total. The van der Waals surface area contributed by atoms with Gasteiger partial charge in [-0.2, -0.15) is 0 Å². The maximum Gasteiger partial charge on any atom is 0.185 e. The van der Waals surface area contributed by atoms with Crippen LogP contribution in [0.15, 0.2) is 4.99 Å². The van der Waals surface area contributed by atoms with Gasteiger partial charge < -0.3 is 16.4 Å². The van der Waals surface area contributed by atoms with Crippen molar-refractivity contribution in [3.63, 3.8) is 0 Å². The van der Waals surface area contributed by atoms with Gasteiger partial charge in [0.1, 0.15) is 0 Å². The molecular formula is C31H66N4. The molecule has 0 aromatic rings. The number of guanidine groups is 1. The topological polar surface area (TPSA) is 67.6 Å². The lowest BCUT2D eigenvalue weighted by molar-refractivity contribution is 0.267. The molecule has 0 radical (unpaired) electrons. The Balaban J connectivity index is 3.70. The van der Waals surface area contributed by atoms with Crippen molar-refractivity contribution >= 4 is 5.96 Å². The van der Waals surface area contributed by atoms with Crippen molar-refractivity contribution in [2.45, 2.75) is 168 Å². The summed E-state index contributed by atoms with van der Waals surface area (Å²) in [5, 5.41) is 0. The molecule has 4 nitrogen and oxygen atoms in total. The van der Waals surface area contributed by atoms with Crippen LogP contribution < -0.4 is 11.5 Å². The van der Waals surface area contributed by atoms with Crippen LogP contribution in [0, 0.1) is 0 Å². The van der Waals surface area contributed by atoms with Gasteiger partial charge in [-0.1, -0.05) is 155 Å². The fourth-order valence-electron chi connectivity index (χ4n) is 5.01. The molecule has 0 aliphatic heterocycles. The summed E-state index contributed by atoms with van der Waals surface area (Å²) in [5.74, 6) is 0.223. The van der Waals surface area contributed by atoms with Crippen molar-refractivity contribution in [2.75, 3.05) is 26.2 Å². The van der Waals surface area contributed by atoms with Crippen LogP contribution in [0.2, 0.25) is 0 Å². The minimum Gasteiger partial charge on any atom is -0.370 e. The monoisotopic (exact) mass is 495 g/mol. The smallest absolute Gasteiger partial charge is 0.185 e. The van der Waals surface area contributed by atoms with Crippen molar-refractivity contribution in [3.05, 3.63) is 0 Å². The first kappa shape index (κ1) is 34.2. The number of hydrogen-bond donors (Lipinski definition) is 2. The first-order valence-corrected chi connectivity index (χ1v) is 16.0. The third-order valence-corrected chi connectivity index (χ3v) is 7.37. The molecule has 0 fully saturated rings. The molecule has 35 heavy (non-hydrogen) atoms. The third kappa shape index (κ3) is 29.4. The van der Waals surface area contributed by atoms with E-state index >= 15 is 0 Å². The number of rotatable bonds is 29. The largest absolute Gasteiger partial charge is 0.370 e. The summed E-state index contributed by atoms with van der Waals surface area (Å²) in [6, 6.07) is 0. The number of nitrogens with zero attached hydrogens (tertiary/aromatic N) is 2. The van der Waals surface area contributed by atoms with Crippen LogP contribution in [-0.2, 0) is 0 Å². The highest BCUT2D eigenvalue weighted by atomic mass is 15.1. The lowest BCUT2D eigenvalue weighted by Gasteiger charge is -2.21. The van der Waals surface area contributed by atoms with Gasteiger partial charge in [0.25, 0.3) is 0 Å². The summed E-state index contributed by atoms with van der Waals surface area (Å²) in [5.41, 5.74) is 11.1. The summed E-state index contributed by atoms with van der Waals surface area (Å²) in [6.45, 7) is 8.73. The average Bonchev–Trinajstić information content (AvgIpc) is 2.84. The quantitative estimate of drug-likeness (QED) is 0.0619. The highest BCUT2D eigenvalue weighted by Gasteiger charge is 2.05. The van der Waals surface area contributed by atoms with Gasteiger partial charge in [-0.15, -0.1) is 0 Å². The fourth-order valence-corrected chi connectivity index (χ4v) is 5.01. The second-order valence-electron chi connectivity index (χ2n) is 10.9. The zero-order valence-electron chi connectivity index (χ0n) is 24.3. The maximum absolute atomic E-state index is 5.53. The average molecular weight is 495 g/mol. The highest BCUT2D eigenvalue weighted by molar-refractivity contribution is 5.75. The van der Waals surface area contributed by atoms with Crippen LogP contribution in [0.5, 0.6) is 0 Å². The van der Waals surface area contributed by atoms with E-state index in [9.17, 15) is 0 Å². The Morgan fingerprint density at radius 3 is 1.00 bits per heavy atom. The highest BCUT2D eigenvalue weighted by Crippen LogP contribution is 2.14. The van der Waals surface area contributed by atoms with Crippen molar-refractivity contribution in [3.8, 4) is 0 Å². The first-order valence-electron chi connectivity index (χ1n) is 16.0. The van der Waals surface area contributed by atoms with E-state index in [-0.39, 0.29) is 5.96 Å². The normalized spacial score (nSPS) is 11.4. The van der Waals surface area contributed by atoms with Crippen molar-refractivity contribution in [1.82, 2.24) is 4.90 Å². The van der Waals surface area contributed by atoms with Crippen LogP contribution >= 0.6 is 0 Å². The molecule has 0 saturated heterocycles. The van der Waals surface area contributed by atoms with Gasteiger partial charge in [0.05, 0.1) is 6.54 Å². The second-order valence-corrected chi connectivity index (χ2v) is 10.9. The van der Waals surface area contributed by atoms with E-state index in [1.807, 2.05) is 0 Å². The van der Waals surface area contributed by atoms with E-state index in [1.54, 1.807) is 0 Å². The standard InChI is InChI=1S/C31H66N4/c1-3-5-7-9-11-13-15-17-19-21-23-25-28-35(30-27-34-31(32)33)29-26-24-22-20-18-16-14-12-10-8-6-4-2/h3-30H2,1-2H3,(H4,32,33,34). The Labute approximate surface area is 221 Å². The first-order chi connectivity index (χ1) is 17.2. The molecule has 0 aliphatic rings. The molecule has 0 atom stereocenters. The summed E-state index contributed by atoms with van der Waals surface area (Å²) >= 11 is 0. The van der Waals surface area contributed by atoms with Gasteiger partial charge >= 0.3 is 0 Å². The number of nitrogens with two attached hydrogens (primary N) is 2. The van der Waals surface area contributed by atoms with E-state index in [2.05, 4.69) is 23.7 Å².